The van der Waals surface area contributed by atoms with E-state index in [4.69, 9.17) is 11.2 Å². The van der Waals surface area contributed by atoms with Gasteiger partial charge < -0.3 is 10.1 Å². The molecule has 0 radical (unpaired) electrons. The largest absolute Gasteiger partial charge is 0.491 e. The van der Waals surface area contributed by atoms with Crippen molar-refractivity contribution in [2.45, 2.75) is 45.8 Å². The third kappa shape index (κ3) is 4.81. The van der Waals surface area contributed by atoms with Gasteiger partial charge in [-0.2, -0.15) is 0 Å². The average molecular weight is 245 g/mol. The Morgan fingerprint density at radius 1 is 1.39 bits per heavy atom. The van der Waals surface area contributed by atoms with E-state index >= 15 is 0 Å². The molecule has 1 aromatic rings. The summed E-state index contributed by atoms with van der Waals surface area (Å²) in [5.74, 6) is 3.64. The summed E-state index contributed by atoms with van der Waals surface area (Å²) >= 11 is 0. The summed E-state index contributed by atoms with van der Waals surface area (Å²) in [4.78, 5) is 0. The second-order valence-corrected chi connectivity index (χ2v) is 4.65. The Labute approximate surface area is 111 Å². The van der Waals surface area contributed by atoms with E-state index < -0.39 is 0 Å². The molecule has 0 aliphatic carbocycles. The molecule has 0 fully saturated rings. The van der Waals surface area contributed by atoms with Crippen LogP contribution in [-0.4, -0.2) is 12.6 Å². The van der Waals surface area contributed by atoms with E-state index in [1.54, 1.807) is 0 Å². The third-order valence-corrected chi connectivity index (χ3v) is 2.59. The normalized spacial score (nSPS) is 12.2. The Balaban J connectivity index is 2.80. The lowest BCUT2D eigenvalue weighted by molar-refractivity contribution is 0.242. The molecular formula is C16H23NO. The van der Waals surface area contributed by atoms with Crippen LogP contribution in [0.15, 0.2) is 24.3 Å². The number of nitrogens with one attached hydrogen (secondary N) is 1. The molecule has 0 spiro atoms. The molecule has 1 atom stereocenters. The van der Waals surface area contributed by atoms with Gasteiger partial charge >= 0.3 is 0 Å². The Hall–Kier alpha value is -1.46. The smallest absolute Gasteiger partial charge is 0.120 e. The van der Waals surface area contributed by atoms with E-state index in [1.165, 1.54) is 5.56 Å². The van der Waals surface area contributed by atoms with E-state index in [0.717, 1.165) is 18.7 Å². The van der Waals surface area contributed by atoms with Crippen molar-refractivity contribution < 1.29 is 4.74 Å². The van der Waals surface area contributed by atoms with Gasteiger partial charge in [-0.25, -0.2) is 0 Å². The average Bonchev–Trinajstić information content (AvgIpc) is 2.34. The van der Waals surface area contributed by atoms with Crippen LogP contribution in [0.2, 0.25) is 0 Å². The zero-order chi connectivity index (χ0) is 13.4. The van der Waals surface area contributed by atoms with Crippen molar-refractivity contribution in [1.82, 2.24) is 5.32 Å². The Morgan fingerprint density at radius 2 is 2.17 bits per heavy atom. The predicted octanol–water partition coefficient (Wildman–Crippen LogP) is 3.54. The van der Waals surface area contributed by atoms with E-state index in [9.17, 15) is 0 Å². The maximum Gasteiger partial charge on any atom is 0.120 e. The van der Waals surface area contributed by atoms with Crippen LogP contribution in [-0.2, 0) is 0 Å². The van der Waals surface area contributed by atoms with E-state index in [2.05, 4.69) is 30.3 Å². The van der Waals surface area contributed by atoms with E-state index in [1.807, 2.05) is 26.0 Å². The molecule has 18 heavy (non-hydrogen) atoms. The number of hydrogen-bond acceptors (Lipinski definition) is 2. The van der Waals surface area contributed by atoms with Gasteiger partial charge in [0, 0.05) is 12.5 Å². The first-order chi connectivity index (χ1) is 8.67. The topological polar surface area (TPSA) is 21.3 Å². The lowest BCUT2D eigenvalue weighted by atomic mass is 10.0. The van der Waals surface area contributed by atoms with Gasteiger partial charge in [0.2, 0.25) is 0 Å². The van der Waals surface area contributed by atoms with Crippen LogP contribution in [0.1, 0.15) is 45.2 Å². The summed E-state index contributed by atoms with van der Waals surface area (Å²) < 4.78 is 5.71. The molecule has 1 rings (SSSR count). The molecule has 0 aliphatic rings. The highest BCUT2D eigenvalue weighted by Crippen LogP contribution is 2.22. The molecule has 0 saturated heterocycles. The Bertz CT molecular complexity index is 392. The van der Waals surface area contributed by atoms with Crippen LogP contribution in [0.25, 0.3) is 0 Å². The maximum atomic E-state index is 5.71. The summed E-state index contributed by atoms with van der Waals surface area (Å²) in [5.41, 5.74) is 1.19. The van der Waals surface area contributed by atoms with Crippen LogP contribution in [0.3, 0.4) is 0 Å². The number of terminal acetylenes is 1. The van der Waals surface area contributed by atoms with E-state index in [-0.39, 0.29) is 12.1 Å². The molecule has 0 aliphatic heterocycles. The van der Waals surface area contributed by atoms with Gasteiger partial charge in [0.05, 0.1) is 6.10 Å². The molecule has 1 unspecified atom stereocenters. The summed E-state index contributed by atoms with van der Waals surface area (Å²) in [5, 5.41) is 3.47. The van der Waals surface area contributed by atoms with Crippen molar-refractivity contribution >= 4 is 0 Å². The first-order valence-electron chi connectivity index (χ1n) is 6.60. The summed E-state index contributed by atoms with van der Waals surface area (Å²) in [7, 11) is 0. The first kappa shape index (κ1) is 14.6. The monoisotopic (exact) mass is 245 g/mol. The van der Waals surface area contributed by atoms with Gasteiger partial charge in [-0.15, -0.1) is 12.3 Å². The van der Waals surface area contributed by atoms with Gasteiger partial charge in [0.15, 0.2) is 0 Å². The standard InChI is InChI=1S/C16H23NO/c1-5-8-16(17-11-6-2)14-9-7-10-15(12-14)18-13(3)4/h1,7,9-10,12-13,16-17H,6,8,11H2,2-4H3. The number of rotatable bonds is 7. The molecule has 0 saturated carbocycles. The fraction of sp³-hybridized carbons (Fsp3) is 0.500. The second-order valence-electron chi connectivity index (χ2n) is 4.65. The zero-order valence-electron chi connectivity index (χ0n) is 11.6. The van der Waals surface area contributed by atoms with Crippen molar-refractivity contribution in [2.75, 3.05) is 6.54 Å². The van der Waals surface area contributed by atoms with Crippen molar-refractivity contribution in [3.63, 3.8) is 0 Å². The molecule has 0 bridgehead atoms. The van der Waals surface area contributed by atoms with Crippen molar-refractivity contribution in [1.29, 1.82) is 0 Å². The number of hydrogen-bond donors (Lipinski definition) is 1. The minimum absolute atomic E-state index is 0.190. The van der Waals surface area contributed by atoms with E-state index in [0.29, 0.717) is 6.42 Å². The first-order valence-corrected chi connectivity index (χ1v) is 6.60. The molecular weight excluding hydrogens is 222 g/mol. The van der Waals surface area contributed by atoms with Gasteiger partial charge in [-0.05, 0) is 44.5 Å². The van der Waals surface area contributed by atoms with Crippen molar-refractivity contribution in [2.24, 2.45) is 0 Å². The summed E-state index contributed by atoms with van der Waals surface area (Å²) in [6.07, 6.45) is 7.43. The number of benzene rings is 1. The van der Waals surface area contributed by atoms with Crippen LogP contribution in [0, 0.1) is 12.3 Å². The van der Waals surface area contributed by atoms with Crippen LogP contribution in [0.5, 0.6) is 5.75 Å². The molecule has 2 heteroatoms. The van der Waals surface area contributed by atoms with Crippen LogP contribution < -0.4 is 10.1 Å². The predicted molar refractivity (Wildman–Crippen MR) is 76.7 cm³/mol. The van der Waals surface area contributed by atoms with Crippen LogP contribution in [0.4, 0.5) is 0 Å². The maximum absolute atomic E-state index is 5.71. The van der Waals surface area contributed by atoms with Crippen molar-refractivity contribution in [3.05, 3.63) is 29.8 Å². The lowest BCUT2D eigenvalue weighted by Gasteiger charge is -2.18. The van der Waals surface area contributed by atoms with Gasteiger partial charge in [-0.3, -0.25) is 0 Å². The Morgan fingerprint density at radius 3 is 2.78 bits per heavy atom. The fourth-order valence-electron chi connectivity index (χ4n) is 1.82. The highest BCUT2D eigenvalue weighted by molar-refractivity contribution is 5.31. The highest BCUT2D eigenvalue weighted by Gasteiger charge is 2.10. The van der Waals surface area contributed by atoms with Gasteiger partial charge in [0.1, 0.15) is 5.75 Å². The van der Waals surface area contributed by atoms with Crippen LogP contribution >= 0.6 is 0 Å². The fourth-order valence-corrected chi connectivity index (χ4v) is 1.82. The molecule has 0 amide bonds. The van der Waals surface area contributed by atoms with Crippen molar-refractivity contribution in [3.8, 4) is 18.1 Å². The van der Waals surface area contributed by atoms with Gasteiger partial charge in [-0.1, -0.05) is 19.1 Å². The minimum atomic E-state index is 0.190. The quantitative estimate of drug-likeness (QED) is 0.742. The van der Waals surface area contributed by atoms with Gasteiger partial charge in [0.25, 0.3) is 0 Å². The lowest BCUT2D eigenvalue weighted by Crippen LogP contribution is -2.21. The number of ether oxygens (including phenoxy) is 1. The highest BCUT2D eigenvalue weighted by atomic mass is 16.5. The molecule has 0 heterocycles. The second kappa shape index (κ2) is 7.79. The minimum Gasteiger partial charge on any atom is -0.491 e. The summed E-state index contributed by atoms with van der Waals surface area (Å²) in [6.45, 7) is 7.18. The molecule has 98 valence electrons. The summed E-state index contributed by atoms with van der Waals surface area (Å²) in [6, 6.07) is 8.38. The Kier molecular flexibility index (Phi) is 6.32. The third-order valence-electron chi connectivity index (χ3n) is 2.59. The molecule has 0 aromatic heterocycles. The molecule has 1 N–H and O–H groups in total. The SMILES string of the molecule is C#CCC(NCCC)c1cccc(OC(C)C)c1. The molecule has 1 aromatic carbocycles. The zero-order valence-corrected chi connectivity index (χ0v) is 11.6. The molecule has 2 nitrogen and oxygen atoms in total.